The molecule has 21 heavy (non-hydrogen) atoms. The fourth-order valence-corrected chi connectivity index (χ4v) is 2.78. The van der Waals surface area contributed by atoms with Crippen LogP contribution in [0.1, 0.15) is 17.5 Å². The van der Waals surface area contributed by atoms with Gasteiger partial charge >= 0.3 is 5.97 Å². The van der Waals surface area contributed by atoms with Crippen LogP contribution < -0.4 is 0 Å². The lowest BCUT2D eigenvalue weighted by Crippen LogP contribution is -2.27. The molecule has 2 aromatic carbocycles. The van der Waals surface area contributed by atoms with Crippen LogP contribution in [-0.2, 0) is 17.9 Å². The van der Waals surface area contributed by atoms with Gasteiger partial charge in [-0.2, -0.15) is 0 Å². The molecule has 1 saturated carbocycles. The van der Waals surface area contributed by atoms with Gasteiger partial charge in [0.2, 0.25) is 0 Å². The van der Waals surface area contributed by atoms with Crippen molar-refractivity contribution in [1.82, 2.24) is 4.90 Å². The number of benzene rings is 2. The zero-order chi connectivity index (χ0) is 14.7. The quantitative estimate of drug-likeness (QED) is 0.884. The minimum absolute atomic E-state index is 0.155. The topological polar surface area (TPSA) is 40.5 Å². The van der Waals surface area contributed by atoms with Gasteiger partial charge < -0.3 is 5.11 Å². The number of carbonyl (C=O) groups is 1. The fourth-order valence-electron chi connectivity index (χ4n) is 2.78. The van der Waals surface area contributed by atoms with Crippen LogP contribution in [0.5, 0.6) is 0 Å². The van der Waals surface area contributed by atoms with Crippen molar-refractivity contribution in [2.75, 3.05) is 0 Å². The van der Waals surface area contributed by atoms with Gasteiger partial charge in [-0.25, -0.2) is 0 Å². The molecule has 3 rings (SSSR count). The minimum atomic E-state index is -0.675. The SMILES string of the molecule is O=C(O)C1CC1N(Cc1ccccc1)Cc1ccccc1. The summed E-state index contributed by atoms with van der Waals surface area (Å²) in [6.45, 7) is 1.59. The summed E-state index contributed by atoms with van der Waals surface area (Å²) in [5.74, 6) is -0.886. The van der Waals surface area contributed by atoms with Crippen LogP contribution in [0.25, 0.3) is 0 Å². The molecule has 0 aliphatic heterocycles. The van der Waals surface area contributed by atoms with Gasteiger partial charge in [-0.1, -0.05) is 60.7 Å². The first-order chi connectivity index (χ1) is 10.2. The molecule has 3 heteroatoms. The van der Waals surface area contributed by atoms with Gasteiger partial charge in [-0.3, -0.25) is 9.69 Å². The van der Waals surface area contributed by atoms with Crippen molar-refractivity contribution >= 4 is 5.97 Å². The molecule has 2 unspecified atom stereocenters. The van der Waals surface area contributed by atoms with E-state index in [1.807, 2.05) is 36.4 Å². The number of nitrogens with zero attached hydrogens (tertiary/aromatic N) is 1. The smallest absolute Gasteiger partial charge is 0.308 e. The highest BCUT2D eigenvalue weighted by Crippen LogP contribution is 2.37. The maximum atomic E-state index is 11.2. The molecular formula is C18H19NO2. The second-order valence-electron chi connectivity index (χ2n) is 5.62. The van der Waals surface area contributed by atoms with E-state index in [4.69, 9.17) is 0 Å². The summed E-state index contributed by atoms with van der Waals surface area (Å²) in [5, 5.41) is 9.18. The second kappa shape index (κ2) is 6.10. The average molecular weight is 281 g/mol. The molecular weight excluding hydrogens is 262 g/mol. The first-order valence-corrected chi connectivity index (χ1v) is 7.29. The van der Waals surface area contributed by atoms with Crippen molar-refractivity contribution in [1.29, 1.82) is 0 Å². The Morgan fingerprint density at radius 3 is 1.81 bits per heavy atom. The Labute approximate surface area is 124 Å². The van der Waals surface area contributed by atoms with Gasteiger partial charge in [-0.05, 0) is 17.5 Å². The summed E-state index contributed by atoms with van der Waals surface area (Å²) in [5.41, 5.74) is 2.45. The highest BCUT2D eigenvalue weighted by atomic mass is 16.4. The maximum absolute atomic E-state index is 11.2. The van der Waals surface area contributed by atoms with E-state index in [-0.39, 0.29) is 12.0 Å². The summed E-state index contributed by atoms with van der Waals surface area (Å²) in [6, 6.07) is 20.6. The van der Waals surface area contributed by atoms with Crippen LogP contribution in [0.3, 0.4) is 0 Å². The third-order valence-corrected chi connectivity index (χ3v) is 4.00. The Morgan fingerprint density at radius 1 is 0.952 bits per heavy atom. The van der Waals surface area contributed by atoms with Crippen molar-refractivity contribution in [3.05, 3.63) is 71.8 Å². The molecule has 0 saturated heterocycles. The lowest BCUT2D eigenvalue weighted by molar-refractivity contribution is -0.139. The highest BCUT2D eigenvalue weighted by Gasteiger charge is 2.46. The first-order valence-electron chi connectivity index (χ1n) is 7.29. The average Bonchev–Trinajstić information content (AvgIpc) is 3.29. The summed E-state index contributed by atoms with van der Waals surface area (Å²) in [4.78, 5) is 13.4. The third kappa shape index (κ3) is 3.50. The van der Waals surface area contributed by atoms with Crippen LogP contribution in [0.4, 0.5) is 0 Å². The van der Waals surface area contributed by atoms with E-state index in [1.165, 1.54) is 11.1 Å². The number of rotatable bonds is 6. The molecule has 1 fully saturated rings. The van der Waals surface area contributed by atoms with E-state index in [1.54, 1.807) is 0 Å². The second-order valence-corrected chi connectivity index (χ2v) is 5.62. The Hall–Kier alpha value is -2.13. The van der Waals surface area contributed by atoms with Crippen LogP contribution in [0, 0.1) is 5.92 Å². The first kappa shape index (κ1) is 13.8. The van der Waals surface area contributed by atoms with Crippen LogP contribution in [0.15, 0.2) is 60.7 Å². The molecule has 1 aliphatic carbocycles. The van der Waals surface area contributed by atoms with E-state index < -0.39 is 5.97 Å². The number of aliphatic carboxylic acids is 1. The summed E-state index contributed by atoms with van der Waals surface area (Å²) in [6.07, 6.45) is 0.759. The van der Waals surface area contributed by atoms with Crippen molar-refractivity contribution < 1.29 is 9.90 Å². The standard InChI is InChI=1S/C18H19NO2/c20-18(21)16-11-17(16)19(12-14-7-3-1-4-8-14)13-15-9-5-2-6-10-15/h1-10,16-17H,11-13H2,(H,20,21). The molecule has 3 nitrogen and oxygen atoms in total. The molecule has 108 valence electrons. The lowest BCUT2D eigenvalue weighted by Gasteiger charge is -2.22. The van der Waals surface area contributed by atoms with E-state index in [9.17, 15) is 9.90 Å². The van der Waals surface area contributed by atoms with Crippen molar-refractivity contribution in [2.24, 2.45) is 5.92 Å². The molecule has 0 heterocycles. The summed E-state index contributed by atoms with van der Waals surface area (Å²) >= 11 is 0. The molecule has 0 amide bonds. The Bertz CT molecular complexity index is 556. The maximum Gasteiger partial charge on any atom is 0.308 e. The van der Waals surface area contributed by atoms with Gasteiger partial charge in [0.15, 0.2) is 0 Å². The van der Waals surface area contributed by atoms with Crippen LogP contribution in [0.2, 0.25) is 0 Å². The molecule has 1 aliphatic rings. The number of hydrogen-bond donors (Lipinski definition) is 1. The van der Waals surface area contributed by atoms with Gasteiger partial charge in [0.1, 0.15) is 0 Å². The number of carboxylic acid groups (broad SMARTS) is 1. The third-order valence-electron chi connectivity index (χ3n) is 4.00. The lowest BCUT2D eigenvalue weighted by atomic mass is 10.1. The van der Waals surface area contributed by atoms with Crippen molar-refractivity contribution in [2.45, 2.75) is 25.6 Å². The molecule has 2 atom stereocenters. The van der Waals surface area contributed by atoms with Crippen molar-refractivity contribution in [3.63, 3.8) is 0 Å². The van der Waals surface area contributed by atoms with Gasteiger partial charge in [-0.15, -0.1) is 0 Å². The molecule has 2 aromatic rings. The fraction of sp³-hybridized carbons (Fsp3) is 0.278. The van der Waals surface area contributed by atoms with Crippen LogP contribution in [-0.4, -0.2) is 22.0 Å². The number of hydrogen-bond acceptors (Lipinski definition) is 2. The Balaban J connectivity index is 1.74. The molecule has 0 aromatic heterocycles. The van der Waals surface area contributed by atoms with Gasteiger partial charge in [0.05, 0.1) is 5.92 Å². The van der Waals surface area contributed by atoms with Gasteiger partial charge in [0, 0.05) is 19.1 Å². The molecule has 0 spiro atoms. The number of carboxylic acids is 1. The Kier molecular flexibility index (Phi) is 4.02. The monoisotopic (exact) mass is 281 g/mol. The normalized spacial score (nSPS) is 20.4. The van der Waals surface area contributed by atoms with E-state index in [0.29, 0.717) is 0 Å². The molecule has 1 N–H and O–H groups in total. The van der Waals surface area contributed by atoms with Gasteiger partial charge in [0.25, 0.3) is 0 Å². The van der Waals surface area contributed by atoms with E-state index >= 15 is 0 Å². The zero-order valence-electron chi connectivity index (χ0n) is 11.9. The van der Waals surface area contributed by atoms with Crippen molar-refractivity contribution in [3.8, 4) is 0 Å². The summed E-state index contributed by atoms with van der Waals surface area (Å²) in [7, 11) is 0. The highest BCUT2D eigenvalue weighted by molar-refractivity contribution is 5.74. The largest absolute Gasteiger partial charge is 0.481 e. The van der Waals surface area contributed by atoms with E-state index in [0.717, 1.165) is 19.5 Å². The zero-order valence-corrected chi connectivity index (χ0v) is 11.9. The predicted molar refractivity (Wildman–Crippen MR) is 81.7 cm³/mol. The Morgan fingerprint density at radius 2 is 1.43 bits per heavy atom. The summed E-state index contributed by atoms with van der Waals surface area (Å²) < 4.78 is 0. The van der Waals surface area contributed by atoms with E-state index in [2.05, 4.69) is 29.2 Å². The molecule has 0 radical (unpaired) electrons. The molecule has 0 bridgehead atoms. The minimum Gasteiger partial charge on any atom is -0.481 e. The van der Waals surface area contributed by atoms with Crippen LogP contribution >= 0.6 is 0 Å². The predicted octanol–water partition coefficient (Wildman–Crippen LogP) is 3.16.